The smallest absolute Gasteiger partial charge is 0.337 e. The van der Waals surface area contributed by atoms with E-state index in [9.17, 15) is 9.90 Å². The number of carboxylic acid groups (broad SMARTS) is 1. The molecule has 7 nitrogen and oxygen atoms in total. The topological polar surface area (TPSA) is 69.1 Å². The van der Waals surface area contributed by atoms with Crippen LogP contribution in [-0.2, 0) is 35.6 Å². The number of aromatic nitrogens is 1. The predicted molar refractivity (Wildman–Crippen MR) is 195 cm³/mol. The van der Waals surface area contributed by atoms with E-state index >= 15 is 0 Å². The number of piperidine rings is 1. The summed E-state index contributed by atoms with van der Waals surface area (Å²) in [7, 11) is 0. The molecule has 0 saturated carbocycles. The van der Waals surface area contributed by atoms with Crippen molar-refractivity contribution >= 4 is 23.3 Å². The van der Waals surface area contributed by atoms with Crippen LogP contribution >= 0.6 is 11.6 Å². The Morgan fingerprint density at radius 2 is 1.73 bits per heavy atom. The van der Waals surface area contributed by atoms with Gasteiger partial charge in [0.25, 0.3) is 0 Å². The molecule has 258 valence electrons. The fraction of sp³-hybridized carbons (Fsp3) is 0.550. The number of aryl methyl sites for hydroxylation is 2. The van der Waals surface area contributed by atoms with Gasteiger partial charge in [0.05, 0.1) is 17.0 Å². The number of fused-ring (bicyclic) bond motifs is 1. The second-order valence-corrected chi connectivity index (χ2v) is 16.4. The fourth-order valence-corrected chi connectivity index (χ4v) is 7.77. The van der Waals surface area contributed by atoms with Gasteiger partial charge in [-0.3, -0.25) is 14.8 Å². The quantitative estimate of drug-likeness (QED) is 0.245. The molecule has 0 spiro atoms. The summed E-state index contributed by atoms with van der Waals surface area (Å²) in [6.07, 6.45) is 3.09. The fourth-order valence-electron chi connectivity index (χ4n) is 7.49. The Hall–Kier alpha value is -2.97. The molecule has 2 saturated heterocycles. The largest absolute Gasteiger partial charge is 0.479 e. The zero-order chi connectivity index (χ0) is 34.4. The molecule has 3 aliphatic rings. The van der Waals surface area contributed by atoms with E-state index in [0.717, 1.165) is 105 Å². The Labute approximate surface area is 292 Å². The summed E-state index contributed by atoms with van der Waals surface area (Å²) >= 11 is 6.61. The van der Waals surface area contributed by atoms with E-state index in [-0.39, 0.29) is 5.41 Å². The molecule has 1 N–H and O–H groups in total. The first kappa shape index (κ1) is 34.9. The zero-order valence-electron chi connectivity index (χ0n) is 30.0. The van der Waals surface area contributed by atoms with Crippen LogP contribution in [-0.4, -0.2) is 64.2 Å². The maximum atomic E-state index is 13.0. The lowest BCUT2D eigenvalue weighted by Crippen LogP contribution is -2.40. The second kappa shape index (κ2) is 13.7. The number of nitrogens with zero attached hydrogens (tertiary/aromatic N) is 4. The highest BCUT2D eigenvalue weighted by Crippen LogP contribution is 2.46. The number of carbonyl (C=O) groups is 1. The lowest BCUT2D eigenvalue weighted by atomic mass is 9.81. The predicted octanol–water partition coefficient (Wildman–Crippen LogP) is 8.35. The van der Waals surface area contributed by atoms with E-state index < -0.39 is 17.7 Å². The molecule has 0 bridgehead atoms. The molecule has 0 radical (unpaired) electrons. The molecule has 2 aromatic carbocycles. The number of likely N-dealkylation sites (tertiary alicyclic amines) is 1. The van der Waals surface area contributed by atoms with E-state index in [1.807, 2.05) is 39.8 Å². The van der Waals surface area contributed by atoms with Gasteiger partial charge in [0.1, 0.15) is 0 Å². The van der Waals surface area contributed by atoms with E-state index in [2.05, 4.69) is 59.7 Å². The van der Waals surface area contributed by atoms with Crippen molar-refractivity contribution in [3.8, 4) is 11.1 Å². The number of halogens is 1. The standard InChI is InChI=1S/C40H53ClN4O3/c1-26-10-8-11-32(41)31(26)24-44-19-14-28-22-29(12-13-30(28)23-44)35-33(25-43-17-9-18-43)42-27(2)34(37(38(46)47)48-39(3,4)5)36(35)45-20-15-40(6,7)16-21-45/h8,10-13,22,37H,9,14-21,23-25H2,1-7H3,(H,46,47). The number of anilines is 1. The van der Waals surface area contributed by atoms with Gasteiger partial charge < -0.3 is 14.7 Å². The van der Waals surface area contributed by atoms with Crippen molar-refractivity contribution in [3.05, 3.63) is 80.6 Å². The molecule has 2 fully saturated rings. The lowest BCUT2D eigenvalue weighted by Gasteiger charge is -2.42. The minimum Gasteiger partial charge on any atom is -0.479 e. The molecule has 1 unspecified atom stereocenters. The van der Waals surface area contributed by atoms with Crippen LogP contribution in [0.5, 0.6) is 0 Å². The number of rotatable bonds is 9. The summed E-state index contributed by atoms with van der Waals surface area (Å²) in [4.78, 5) is 25.7. The van der Waals surface area contributed by atoms with Crippen molar-refractivity contribution in [2.24, 2.45) is 5.41 Å². The van der Waals surface area contributed by atoms with E-state index in [1.165, 1.54) is 28.7 Å². The van der Waals surface area contributed by atoms with Crippen LogP contribution in [0.25, 0.3) is 11.1 Å². The molecule has 3 aromatic rings. The third-order valence-corrected chi connectivity index (χ3v) is 10.9. The second-order valence-electron chi connectivity index (χ2n) is 16.0. The number of aliphatic carboxylic acids is 1. The molecule has 0 amide bonds. The molecule has 8 heteroatoms. The maximum Gasteiger partial charge on any atom is 0.337 e. The minimum atomic E-state index is -1.13. The maximum absolute atomic E-state index is 13.0. The van der Waals surface area contributed by atoms with Gasteiger partial charge in [0, 0.05) is 61.1 Å². The molecule has 0 aliphatic carbocycles. The summed E-state index contributed by atoms with van der Waals surface area (Å²) in [5.74, 6) is -0.978. The molecule has 1 atom stereocenters. The molecular formula is C40H53ClN4O3. The monoisotopic (exact) mass is 672 g/mol. The SMILES string of the molecule is Cc1cccc(Cl)c1CN1CCc2cc(-c3c(CN4CCC4)nc(C)c(C(OC(C)(C)C)C(=O)O)c3N3CCC(C)(C)CC3)ccc2C1. The van der Waals surface area contributed by atoms with Crippen LogP contribution in [0.3, 0.4) is 0 Å². The summed E-state index contributed by atoms with van der Waals surface area (Å²) < 4.78 is 6.36. The lowest BCUT2D eigenvalue weighted by molar-refractivity contribution is -0.160. The first-order valence-corrected chi connectivity index (χ1v) is 18.1. The Morgan fingerprint density at radius 1 is 1.00 bits per heavy atom. The summed E-state index contributed by atoms with van der Waals surface area (Å²) in [5.41, 5.74) is 10.4. The van der Waals surface area contributed by atoms with Crippen molar-refractivity contribution in [1.82, 2.24) is 14.8 Å². The number of hydrogen-bond donors (Lipinski definition) is 1. The average Bonchev–Trinajstić information content (AvgIpc) is 2.99. The van der Waals surface area contributed by atoms with Crippen LogP contribution in [0.2, 0.25) is 5.02 Å². The summed E-state index contributed by atoms with van der Waals surface area (Å²) in [5, 5.41) is 11.5. The molecular weight excluding hydrogens is 620 g/mol. The molecule has 6 rings (SSSR count). The van der Waals surface area contributed by atoms with E-state index in [0.29, 0.717) is 5.56 Å². The zero-order valence-corrected chi connectivity index (χ0v) is 30.7. The Bertz CT molecular complexity index is 1650. The van der Waals surface area contributed by atoms with Crippen molar-refractivity contribution < 1.29 is 14.6 Å². The number of benzene rings is 2. The van der Waals surface area contributed by atoms with Gasteiger partial charge in [0.15, 0.2) is 6.10 Å². The van der Waals surface area contributed by atoms with Gasteiger partial charge in [-0.2, -0.15) is 0 Å². The Morgan fingerprint density at radius 3 is 2.35 bits per heavy atom. The first-order valence-electron chi connectivity index (χ1n) is 17.7. The molecule has 1 aromatic heterocycles. The van der Waals surface area contributed by atoms with Gasteiger partial charge in [-0.05, 0) is 113 Å². The van der Waals surface area contributed by atoms with Crippen molar-refractivity contribution in [3.63, 3.8) is 0 Å². The highest BCUT2D eigenvalue weighted by Gasteiger charge is 2.37. The molecule has 4 heterocycles. The highest BCUT2D eigenvalue weighted by atomic mass is 35.5. The van der Waals surface area contributed by atoms with Crippen LogP contribution < -0.4 is 4.90 Å². The van der Waals surface area contributed by atoms with Crippen molar-refractivity contribution in [1.29, 1.82) is 0 Å². The van der Waals surface area contributed by atoms with Gasteiger partial charge in [-0.15, -0.1) is 0 Å². The van der Waals surface area contributed by atoms with Gasteiger partial charge in [0.2, 0.25) is 0 Å². The van der Waals surface area contributed by atoms with E-state index in [1.54, 1.807) is 0 Å². The van der Waals surface area contributed by atoms with Crippen LogP contribution in [0.1, 0.15) is 99.2 Å². The highest BCUT2D eigenvalue weighted by molar-refractivity contribution is 6.31. The van der Waals surface area contributed by atoms with Gasteiger partial charge in [-0.1, -0.05) is 55.8 Å². The summed E-state index contributed by atoms with van der Waals surface area (Å²) in [6, 6.07) is 13.0. The van der Waals surface area contributed by atoms with Crippen molar-refractivity contribution in [2.45, 2.75) is 105 Å². The first-order chi connectivity index (χ1) is 22.7. The normalized spacial score (nSPS) is 19.1. The average molecular weight is 673 g/mol. The number of ether oxygens (including phenoxy) is 1. The number of carboxylic acids is 1. The molecule has 3 aliphatic heterocycles. The molecule has 48 heavy (non-hydrogen) atoms. The van der Waals surface area contributed by atoms with Crippen LogP contribution in [0, 0.1) is 19.3 Å². The minimum absolute atomic E-state index is 0.244. The third-order valence-electron chi connectivity index (χ3n) is 10.5. The number of pyridine rings is 1. The van der Waals surface area contributed by atoms with Crippen LogP contribution in [0.15, 0.2) is 36.4 Å². The van der Waals surface area contributed by atoms with Crippen molar-refractivity contribution in [2.75, 3.05) is 37.6 Å². The van der Waals surface area contributed by atoms with Gasteiger partial charge >= 0.3 is 5.97 Å². The van der Waals surface area contributed by atoms with E-state index in [4.69, 9.17) is 21.3 Å². The third kappa shape index (κ3) is 7.60. The summed E-state index contributed by atoms with van der Waals surface area (Å²) in [6.45, 7) is 21.8. The van der Waals surface area contributed by atoms with Gasteiger partial charge in [-0.25, -0.2) is 4.79 Å². The number of hydrogen-bond acceptors (Lipinski definition) is 6. The Kier molecular flexibility index (Phi) is 9.98. The Balaban J connectivity index is 1.46. The van der Waals surface area contributed by atoms with Crippen LogP contribution in [0.4, 0.5) is 5.69 Å².